The van der Waals surface area contributed by atoms with Gasteiger partial charge >= 0.3 is 0 Å². The summed E-state index contributed by atoms with van der Waals surface area (Å²) in [5, 5.41) is 6.26. The van der Waals surface area contributed by atoms with E-state index in [1.54, 1.807) is 5.01 Å². The number of carbonyl (C=O) groups excluding carboxylic acids is 1. The Morgan fingerprint density at radius 2 is 1.84 bits per heavy atom. The third-order valence-electron chi connectivity index (χ3n) is 7.91. The van der Waals surface area contributed by atoms with Gasteiger partial charge in [-0.05, 0) is 88.0 Å². The molecule has 5 aliphatic rings. The standard InChI is InChI=1S/C25H33ClN4O/c1-3-29(4-2)21-7-5-19(6-8-21)24(31)16-30-15-22(26)23(14-27-30)28-25-12-17-9-18(13-25)11-20(25)10-17/h5-8,14-15,17-18,20,27-28H,3-4,9-13,16H2,1-2H3. The monoisotopic (exact) mass is 440 g/mol. The van der Waals surface area contributed by atoms with E-state index in [4.69, 9.17) is 11.6 Å². The molecule has 1 aliphatic heterocycles. The Kier molecular flexibility index (Phi) is 5.41. The van der Waals surface area contributed by atoms with E-state index in [-0.39, 0.29) is 17.9 Å². The molecule has 166 valence electrons. The summed E-state index contributed by atoms with van der Waals surface area (Å²) in [5.74, 6) is 2.65. The number of ketones is 1. The molecular formula is C25H33ClN4O. The van der Waals surface area contributed by atoms with Gasteiger partial charge in [0.15, 0.2) is 5.78 Å². The van der Waals surface area contributed by atoms with Crippen molar-refractivity contribution in [3.05, 3.63) is 53.0 Å². The van der Waals surface area contributed by atoms with Crippen molar-refractivity contribution >= 4 is 23.1 Å². The number of Topliss-reactive ketones (excluding diaryl/α,β-unsaturated/α-hetero) is 1. The van der Waals surface area contributed by atoms with Crippen LogP contribution in [0.2, 0.25) is 0 Å². The van der Waals surface area contributed by atoms with Gasteiger partial charge in [-0.2, -0.15) is 0 Å². The second kappa shape index (κ2) is 8.09. The van der Waals surface area contributed by atoms with E-state index in [0.29, 0.717) is 10.6 Å². The highest BCUT2D eigenvalue weighted by Crippen LogP contribution is 2.60. The molecule has 2 N–H and O–H groups in total. The molecule has 6 heteroatoms. The van der Waals surface area contributed by atoms with Crippen molar-refractivity contribution in [2.45, 2.75) is 51.5 Å². The van der Waals surface area contributed by atoms with Crippen LogP contribution in [0.25, 0.3) is 0 Å². The lowest BCUT2D eigenvalue weighted by molar-refractivity contribution is 0.0939. The molecular weight excluding hydrogens is 408 g/mol. The highest BCUT2D eigenvalue weighted by Gasteiger charge is 2.58. The lowest BCUT2D eigenvalue weighted by Gasteiger charge is -2.37. The van der Waals surface area contributed by atoms with E-state index in [1.807, 2.05) is 36.7 Å². The van der Waals surface area contributed by atoms with Crippen LogP contribution in [0.15, 0.2) is 47.4 Å². The number of hydrazine groups is 1. The molecule has 4 saturated carbocycles. The molecule has 4 fully saturated rings. The number of nitrogens with zero attached hydrogens (tertiary/aromatic N) is 2. The first-order chi connectivity index (χ1) is 15.0. The molecule has 4 aliphatic carbocycles. The summed E-state index contributed by atoms with van der Waals surface area (Å²) in [6.45, 7) is 6.43. The highest BCUT2D eigenvalue weighted by atomic mass is 35.5. The van der Waals surface area contributed by atoms with Gasteiger partial charge in [0.2, 0.25) is 0 Å². The zero-order valence-electron chi connectivity index (χ0n) is 18.5. The quantitative estimate of drug-likeness (QED) is 0.577. The van der Waals surface area contributed by atoms with Crippen LogP contribution in [0.1, 0.15) is 56.3 Å². The fourth-order valence-electron chi connectivity index (χ4n) is 6.61. The number of halogens is 1. The molecule has 2 unspecified atom stereocenters. The van der Waals surface area contributed by atoms with Gasteiger partial charge in [-0.15, -0.1) is 0 Å². The molecule has 1 heterocycles. The van der Waals surface area contributed by atoms with Gasteiger partial charge in [0, 0.05) is 42.3 Å². The molecule has 31 heavy (non-hydrogen) atoms. The Morgan fingerprint density at radius 1 is 1.16 bits per heavy atom. The number of nitrogens with one attached hydrogen (secondary N) is 2. The van der Waals surface area contributed by atoms with Gasteiger partial charge in [-0.1, -0.05) is 11.6 Å². The summed E-state index contributed by atoms with van der Waals surface area (Å²) >= 11 is 6.64. The lowest BCUT2D eigenvalue weighted by atomic mass is 9.80. The minimum Gasteiger partial charge on any atom is -0.377 e. The predicted molar refractivity (Wildman–Crippen MR) is 126 cm³/mol. The Bertz CT molecular complexity index is 891. The summed E-state index contributed by atoms with van der Waals surface area (Å²) < 4.78 is 0. The average Bonchev–Trinajstić information content (AvgIpc) is 3.14. The first kappa shape index (κ1) is 20.7. The lowest BCUT2D eigenvalue weighted by Crippen LogP contribution is -2.47. The maximum atomic E-state index is 12.8. The molecule has 0 spiro atoms. The number of hydrogen-bond acceptors (Lipinski definition) is 5. The normalized spacial score (nSPS) is 30.7. The largest absolute Gasteiger partial charge is 0.377 e. The Balaban J connectivity index is 1.20. The van der Waals surface area contributed by atoms with Crippen molar-refractivity contribution in [3.8, 4) is 0 Å². The maximum absolute atomic E-state index is 12.8. The smallest absolute Gasteiger partial charge is 0.184 e. The summed E-state index contributed by atoms with van der Waals surface area (Å²) in [5.41, 5.74) is 6.30. The molecule has 6 rings (SSSR count). The molecule has 5 nitrogen and oxygen atoms in total. The van der Waals surface area contributed by atoms with E-state index >= 15 is 0 Å². The minimum absolute atomic E-state index is 0.0643. The van der Waals surface area contributed by atoms with Crippen LogP contribution in [0.4, 0.5) is 5.69 Å². The zero-order chi connectivity index (χ0) is 21.6. The molecule has 1 aromatic carbocycles. The van der Waals surface area contributed by atoms with E-state index in [9.17, 15) is 4.79 Å². The molecule has 0 aromatic heterocycles. The van der Waals surface area contributed by atoms with Crippen molar-refractivity contribution in [2.75, 3.05) is 24.5 Å². The third-order valence-corrected chi connectivity index (χ3v) is 8.21. The van der Waals surface area contributed by atoms with Gasteiger partial charge < -0.3 is 15.6 Å². The molecule has 1 aromatic rings. The second-order valence-electron chi connectivity index (χ2n) is 9.76. The Morgan fingerprint density at radius 3 is 2.45 bits per heavy atom. The van der Waals surface area contributed by atoms with Crippen LogP contribution < -0.4 is 15.6 Å². The maximum Gasteiger partial charge on any atom is 0.184 e. The number of rotatable bonds is 8. The van der Waals surface area contributed by atoms with Crippen LogP contribution in [0, 0.1) is 17.8 Å². The van der Waals surface area contributed by atoms with Crippen molar-refractivity contribution in [1.29, 1.82) is 0 Å². The topological polar surface area (TPSA) is 47.6 Å². The van der Waals surface area contributed by atoms with Gasteiger partial charge in [-0.3, -0.25) is 9.80 Å². The SMILES string of the molecule is CCN(CC)c1ccc(C(=O)CN2C=C(Cl)C(NC34CC5CC(CC3C5)C4)=CN2)cc1. The van der Waals surface area contributed by atoms with Crippen LogP contribution in [-0.4, -0.2) is 36.0 Å². The third kappa shape index (κ3) is 3.82. The summed E-state index contributed by atoms with van der Waals surface area (Å²) in [4.78, 5) is 15.1. The van der Waals surface area contributed by atoms with Gasteiger partial charge in [-0.25, -0.2) is 0 Å². The van der Waals surface area contributed by atoms with E-state index in [1.165, 1.54) is 32.1 Å². The minimum atomic E-state index is 0.0643. The molecule has 0 saturated heterocycles. The summed E-state index contributed by atoms with van der Waals surface area (Å²) in [7, 11) is 0. The van der Waals surface area contributed by atoms with E-state index in [0.717, 1.165) is 42.2 Å². The van der Waals surface area contributed by atoms with Crippen LogP contribution in [0.3, 0.4) is 0 Å². The van der Waals surface area contributed by atoms with Crippen molar-refractivity contribution in [3.63, 3.8) is 0 Å². The van der Waals surface area contributed by atoms with E-state index in [2.05, 4.69) is 29.5 Å². The summed E-state index contributed by atoms with van der Waals surface area (Å²) in [6.07, 6.45) is 10.5. The molecule has 4 bridgehead atoms. The number of hydrogen-bond donors (Lipinski definition) is 2. The fourth-order valence-corrected chi connectivity index (χ4v) is 6.83. The van der Waals surface area contributed by atoms with Crippen molar-refractivity contribution < 1.29 is 4.79 Å². The average molecular weight is 441 g/mol. The predicted octanol–water partition coefficient (Wildman–Crippen LogP) is 4.63. The first-order valence-corrected chi connectivity index (χ1v) is 12.1. The zero-order valence-corrected chi connectivity index (χ0v) is 19.3. The highest BCUT2D eigenvalue weighted by molar-refractivity contribution is 6.31. The van der Waals surface area contributed by atoms with Crippen LogP contribution in [0.5, 0.6) is 0 Å². The van der Waals surface area contributed by atoms with Crippen molar-refractivity contribution in [1.82, 2.24) is 15.8 Å². The molecule has 0 amide bonds. The number of allylic oxidation sites excluding steroid dienone is 1. The molecule has 0 radical (unpaired) electrons. The Hall–Kier alpha value is -2.14. The van der Waals surface area contributed by atoms with Gasteiger partial charge in [0.25, 0.3) is 0 Å². The first-order valence-electron chi connectivity index (χ1n) is 11.8. The van der Waals surface area contributed by atoms with E-state index < -0.39 is 0 Å². The molecule has 2 atom stereocenters. The summed E-state index contributed by atoms with van der Waals surface area (Å²) in [6, 6.07) is 7.88. The number of benzene rings is 1. The number of carbonyl (C=O) groups is 1. The van der Waals surface area contributed by atoms with Crippen LogP contribution >= 0.6 is 11.6 Å². The van der Waals surface area contributed by atoms with Crippen molar-refractivity contribution in [2.24, 2.45) is 17.8 Å². The second-order valence-corrected chi connectivity index (χ2v) is 10.2. The van der Waals surface area contributed by atoms with Crippen LogP contribution in [-0.2, 0) is 0 Å². The van der Waals surface area contributed by atoms with Gasteiger partial charge in [0.1, 0.15) is 6.54 Å². The Labute approximate surface area is 190 Å². The number of anilines is 1. The fraction of sp³-hybridized carbons (Fsp3) is 0.560. The van der Waals surface area contributed by atoms with Gasteiger partial charge in [0.05, 0.1) is 10.7 Å².